The van der Waals surface area contributed by atoms with Gasteiger partial charge in [0.25, 0.3) is 0 Å². The lowest BCUT2D eigenvalue weighted by molar-refractivity contribution is -0.129. The van der Waals surface area contributed by atoms with Gasteiger partial charge in [-0.15, -0.1) is 0 Å². The van der Waals surface area contributed by atoms with Crippen molar-refractivity contribution >= 4 is 5.91 Å². The molecule has 0 atom stereocenters. The van der Waals surface area contributed by atoms with Crippen LogP contribution in [-0.2, 0) is 4.79 Å². The predicted molar refractivity (Wildman–Crippen MR) is 34.2 cm³/mol. The van der Waals surface area contributed by atoms with Crippen molar-refractivity contribution in [3.8, 4) is 0 Å². The number of carbonyl (C=O) groups excluding carboxylic acids is 1. The standard InChI is InChI=1S/C6H11F2NO/c1-6(10)9(4-2-7)5-3-8/h2-5H2,1H3. The Morgan fingerprint density at radius 1 is 1.30 bits per heavy atom. The number of hydrogen-bond donors (Lipinski definition) is 0. The minimum Gasteiger partial charge on any atom is -0.338 e. The van der Waals surface area contributed by atoms with Crippen LogP contribution in [0, 0.1) is 0 Å². The lowest BCUT2D eigenvalue weighted by Crippen LogP contribution is -2.32. The molecule has 4 heteroatoms. The van der Waals surface area contributed by atoms with E-state index in [0.29, 0.717) is 0 Å². The van der Waals surface area contributed by atoms with Crippen molar-refractivity contribution in [3.63, 3.8) is 0 Å². The fourth-order valence-corrected chi connectivity index (χ4v) is 0.631. The molecule has 0 aromatic rings. The van der Waals surface area contributed by atoms with Gasteiger partial charge in [0, 0.05) is 20.0 Å². The minimum atomic E-state index is -0.612. The molecule has 0 aliphatic carbocycles. The van der Waals surface area contributed by atoms with Gasteiger partial charge in [-0.2, -0.15) is 0 Å². The molecular formula is C6H11F2NO. The molecule has 0 unspecified atom stereocenters. The Balaban J connectivity index is 3.61. The van der Waals surface area contributed by atoms with Crippen LogP contribution < -0.4 is 0 Å². The Labute approximate surface area is 58.8 Å². The molecule has 2 nitrogen and oxygen atoms in total. The monoisotopic (exact) mass is 151 g/mol. The summed E-state index contributed by atoms with van der Waals surface area (Å²) in [5, 5.41) is 0. The predicted octanol–water partition coefficient (Wildman–Crippen LogP) is 0.774. The van der Waals surface area contributed by atoms with Gasteiger partial charge in [0.1, 0.15) is 13.3 Å². The highest BCUT2D eigenvalue weighted by Gasteiger charge is 2.05. The summed E-state index contributed by atoms with van der Waals surface area (Å²) < 4.78 is 23.2. The van der Waals surface area contributed by atoms with Crippen molar-refractivity contribution in [2.75, 3.05) is 26.4 Å². The third-order valence-corrected chi connectivity index (χ3v) is 1.15. The molecule has 0 rings (SSSR count). The zero-order valence-corrected chi connectivity index (χ0v) is 5.94. The van der Waals surface area contributed by atoms with Crippen LogP contribution in [0.2, 0.25) is 0 Å². The molecule has 10 heavy (non-hydrogen) atoms. The maximum absolute atomic E-state index is 11.6. The van der Waals surface area contributed by atoms with E-state index in [9.17, 15) is 13.6 Å². The fraction of sp³-hybridized carbons (Fsp3) is 0.833. The summed E-state index contributed by atoms with van der Waals surface area (Å²) >= 11 is 0. The molecular weight excluding hydrogens is 140 g/mol. The lowest BCUT2D eigenvalue weighted by Gasteiger charge is -2.16. The number of carbonyl (C=O) groups is 1. The number of alkyl halides is 2. The topological polar surface area (TPSA) is 20.3 Å². The molecule has 0 saturated heterocycles. The van der Waals surface area contributed by atoms with Gasteiger partial charge in [-0.05, 0) is 0 Å². The first kappa shape index (κ1) is 9.33. The average molecular weight is 151 g/mol. The van der Waals surface area contributed by atoms with E-state index in [0.717, 1.165) is 4.90 Å². The maximum atomic E-state index is 11.6. The van der Waals surface area contributed by atoms with Crippen LogP contribution in [0.3, 0.4) is 0 Å². The molecule has 1 amide bonds. The molecule has 0 bridgehead atoms. The Morgan fingerprint density at radius 2 is 1.70 bits per heavy atom. The van der Waals surface area contributed by atoms with Crippen LogP contribution in [0.15, 0.2) is 0 Å². The van der Waals surface area contributed by atoms with Gasteiger partial charge in [0.2, 0.25) is 5.91 Å². The average Bonchev–Trinajstić information content (AvgIpc) is 1.87. The quantitative estimate of drug-likeness (QED) is 0.581. The highest BCUT2D eigenvalue weighted by atomic mass is 19.1. The van der Waals surface area contributed by atoms with E-state index < -0.39 is 13.3 Å². The van der Waals surface area contributed by atoms with E-state index in [-0.39, 0.29) is 19.0 Å². The summed E-state index contributed by atoms with van der Waals surface area (Å²) in [6.07, 6.45) is 0. The van der Waals surface area contributed by atoms with Crippen molar-refractivity contribution in [1.29, 1.82) is 0 Å². The number of hydrogen-bond acceptors (Lipinski definition) is 1. The summed E-state index contributed by atoms with van der Waals surface area (Å²) in [5.41, 5.74) is 0. The largest absolute Gasteiger partial charge is 0.338 e. The maximum Gasteiger partial charge on any atom is 0.219 e. The van der Waals surface area contributed by atoms with Gasteiger partial charge < -0.3 is 4.90 Å². The van der Waals surface area contributed by atoms with E-state index in [2.05, 4.69) is 0 Å². The Bertz CT molecular complexity index is 102. The molecule has 0 aliphatic heterocycles. The molecule has 0 N–H and O–H groups in total. The highest BCUT2D eigenvalue weighted by molar-refractivity contribution is 5.73. The normalized spacial score (nSPS) is 9.50. The molecule has 0 heterocycles. The lowest BCUT2D eigenvalue weighted by atomic mass is 10.5. The van der Waals surface area contributed by atoms with Crippen molar-refractivity contribution in [1.82, 2.24) is 4.90 Å². The van der Waals surface area contributed by atoms with Crippen molar-refractivity contribution in [2.24, 2.45) is 0 Å². The van der Waals surface area contributed by atoms with E-state index in [1.807, 2.05) is 0 Å². The molecule has 0 saturated carbocycles. The van der Waals surface area contributed by atoms with Gasteiger partial charge in [-0.25, -0.2) is 8.78 Å². The number of halogens is 2. The third kappa shape index (κ3) is 3.37. The first-order valence-electron chi connectivity index (χ1n) is 3.09. The minimum absolute atomic E-state index is 0.000741. The van der Waals surface area contributed by atoms with E-state index in [1.54, 1.807) is 0 Å². The second-order valence-corrected chi connectivity index (χ2v) is 1.88. The molecule has 0 aromatic heterocycles. The van der Waals surface area contributed by atoms with Crippen molar-refractivity contribution in [3.05, 3.63) is 0 Å². The Hall–Kier alpha value is -0.670. The molecule has 0 aromatic carbocycles. The molecule has 0 aliphatic rings. The molecule has 0 radical (unpaired) electrons. The SMILES string of the molecule is CC(=O)N(CCF)CCF. The van der Waals surface area contributed by atoms with Crippen molar-refractivity contribution in [2.45, 2.75) is 6.92 Å². The summed E-state index contributed by atoms with van der Waals surface area (Å²) in [6.45, 7) is 0.0724. The second-order valence-electron chi connectivity index (χ2n) is 1.88. The van der Waals surface area contributed by atoms with E-state index in [4.69, 9.17) is 0 Å². The summed E-state index contributed by atoms with van der Waals surface area (Å²) in [7, 11) is 0. The highest BCUT2D eigenvalue weighted by Crippen LogP contribution is 1.89. The van der Waals surface area contributed by atoms with Crippen molar-refractivity contribution < 1.29 is 13.6 Å². The van der Waals surface area contributed by atoms with Gasteiger partial charge in [0.15, 0.2) is 0 Å². The first-order chi connectivity index (χ1) is 4.72. The number of nitrogens with zero attached hydrogens (tertiary/aromatic N) is 1. The fourth-order valence-electron chi connectivity index (χ4n) is 0.631. The number of rotatable bonds is 4. The molecule has 0 fully saturated rings. The van der Waals surface area contributed by atoms with Crippen LogP contribution in [0.1, 0.15) is 6.92 Å². The zero-order valence-electron chi connectivity index (χ0n) is 5.94. The molecule has 60 valence electrons. The molecule has 0 spiro atoms. The van der Waals surface area contributed by atoms with Gasteiger partial charge >= 0.3 is 0 Å². The first-order valence-corrected chi connectivity index (χ1v) is 3.09. The van der Waals surface area contributed by atoms with Gasteiger partial charge in [-0.1, -0.05) is 0 Å². The zero-order chi connectivity index (χ0) is 7.98. The van der Waals surface area contributed by atoms with E-state index in [1.165, 1.54) is 6.92 Å². The summed E-state index contributed by atoms with van der Waals surface area (Å²) in [5.74, 6) is -0.282. The number of amides is 1. The van der Waals surface area contributed by atoms with Gasteiger partial charge in [-0.3, -0.25) is 4.79 Å². The summed E-state index contributed by atoms with van der Waals surface area (Å²) in [4.78, 5) is 11.7. The Kier molecular flexibility index (Phi) is 4.80. The van der Waals surface area contributed by atoms with Crippen LogP contribution >= 0.6 is 0 Å². The Morgan fingerprint density at radius 3 is 1.90 bits per heavy atom. The van der Waals surface area contributed by atoms with E-state index >= 15 is 0 Å². The van der Waals surface area contributed by atoms with Crippen LogP contribution in [-0.4, -0.2) is 37.2 Å². The second kappa shape index (κ2) is 5.14. The smallest absolute Gasteiger partial charge is 0.219 e. The third-order valence-electron chi connectivity index (χ3n) is 1.15. The van der Waals surface area contributed by atoms with Crippen LogP contribution in [0.5, 0.6) is 0 Å². The van der Waals surface area contributed by atoms with Crippen LogP contribution in [0.25, 0.3) is 0 Å². The van der Waals surface area contributed by atoms with Gasteiger partial charge in [0.05, 0.1) is 0 Å². The summed E-state index contributed by atoms with van der Waals surface area (Å²) in [6, 6.07) is 0. The van der Waals surface area contributed by atoms with Crippen LogP contribution in [0.4, 0.5) is 8.78 Å².